The minimum absolute atomic E-state index is 0.00589. The van der Waals surface area contributed by atoms with Gasteiger partial charge in [0.05, 0.1) is 57.7 Å². The van der Waals surface area contributed by atoms with E-state index < -0.39 is 0 Å². The third kappa shape index (κ3) is 5.12. The lowest BCUT2D eigenvalue weighted by Crippen LogP contribution is -2.36. The van der Waals surface area contributed by atoms with Crippen LogP contribution in [0.25, 0.3) is 0 Å². The first-order valence-corrected chi connectivity index (χ1v) is 12.1. The minimum atomic E-state index is -0.113. The maximum atomic E-state index is 9.81. The molecule has 0 spiro atoms. The number of aliphatic hydroxyl groups excluding tert-OH is 1. The zero-order chi connectivity index (χ0) is 24.9. The van der Waals surface area contributed by atoms with Gasteiger partial charge in [-0.15, -0.1) is 0 Å². The molecule has 2 aromatic rings. The standard InChI is InChI=1S/C27H31N5O4/c1-34-22-13-21(14-23(16-22)35-2)32(7-10-33)20-4-5-24-25(15-20)30-26(18-28-24)19-3-6-27(29-17-19)31-8-11-36-12-9-31/h3-6,13-14,16-18,25,33H,7-12,15H2,1-2H3. The van der Waals surface area contributed by atoms with Crippen molar-refractivity contribution in [1.82, 2.24) is 4.98 Å². The highest BCUT2D eigenvalue weighted by atomic mass is 16.5. The number of aliphatic imine (C=N–C) groups is 2. The van der Waals surface area contributed by atoms with Crippen molar-refractivity contribution >= 4 is 23.4 Å². The Morgan fingerprint density at radius 2 is 1.86 bits per heavy atom. The van der Waals surface area contributed by atoms with Gasteiger partial charge in [-0.25, -0.2) is 4.98 Å². The van der Waals surface area contributed by atoms with Gasteiger partial charge in [0.1, 0.15) is 17.3 Å². The fourth-order valence-corrected chi connectivity index (χ4v) is 4.59. The van der Waals surface area contributed by atoms with Gasteiger partial charge in [0.2, 0.25) is 0 Å². The van der Waals surface area contributed by atoms with E-state index in [0.29, 0.717) is 24.5 Å². The Bertz CT molecular complexity index is 1180. The second-order valence-corrected chi connectivity index (χ2v) is 8.69. The topological polar surface area (TPSA) is 92.0 Å². The first kappa shape index (κ1) is 24.0. The summed E-state index contributed by atoms with van der Waals surface area (Å²) in [7, 11) is 3.25. The number of anilines is 2. The Kier molecular flexibility index (Phi) is 7.29. The fourth-order valence-electron chi connectivity index (χ4n) is 4.59. The highest BCUT2D eigenvalue weighted by Gasteiger charge is 2.26. The molecule has 0 bridgehead atoms. The van der Waals surface area contributed by atoms with Gasteiger partial charge >= 0.3 is 0 Å². The molecule has 1 atom stereocenters. The Labute approximate surface area is 211 Å². The molecule has 9 nitrogen and oxygen atoms in total. The maximum Gasteiger partial charge on any atom is 0.128 e. The van der Waals surface area contributed by atoms with Crippen LogP contribution in [0.4, 0.5) is 11.5 Å². The van der Waals surface area contributed by atoms with Crippen molar-refractivity contribution in [2.24, 2.45) is 9.98 Å². The zero-order valence-corrected chi connectivity index (χ0v) is 20.6. The predicted molar refractivity (Wildman–Crippen MR) is 141 cm³/mol. The van der Waals surface area contributed by atoms with Crippen molar-refractivity contribution in [3.8, 4) is 11.5 Å². The molecule has 3 aliphatic rings. The summed E-state index contributed by atoms with van der Waals surface area (Å²) in [6, 6.07) is 9.68. The summed E-state index contributed by atoms with van der Waals surface area (Å²) < 4.78 is 16.3. The summed E-state index contributed by atoms with van der Waals surface area (Å²) in [4.78, 5) is 18.7. The summed E-state index contributed by atoms with van der Waals surface area (Å²) in [6.45, 7) is 3.60. The van der Waals surface area contributed by atoms with Crippen LogP contribution in [0.15, 0.2) is 70.1 Å². The van der Waals surface area contributed by atoms with Crippen molar-refractivity contribution < 1.29 is 19.3 Å². The largest absolute Gasteiger partial charge is 0.497 e. The van der Waals surface area contributed by atoms with Crippen molar-refractivity contribution in [3.05, 3.63) is 65.6 Å². The van der Waals surface area contributed by atoms with Crippen molar-refractivity contribution in [3.63, 3.8) is 0 Å². The summed E-state index contributed by atoms with van der Waals surface area (Å²) in [5.41, 5.74) is 4.60. The Hall–Kier alpha value is -3.69. The number of rotatable bonds is 8. The summed E-state index contributed by atoms with van der Waals surface area (Å²) in [5.74, 6) is 2.33. The first-order valence-electron chi connectivity index (χ1n) is 12.1. The number of hydrogen-bond acceptors (Lipinski definition) is 9. The lowest BCUT2D eigenvalue weighted by atomic mass is 9.99. The highest BCUT2D eigenvalue weighted by Crippen LogP contribution is 2.34. The van der Waals surface area contributed by atoms with Crippen LogP contribution in [0, 0.1) is 0 Å². The molecule has 1 aromatic carbocycles. The maximum absolute atomic E-state index is 9.81. The van der Waals surface area contributed by atoms with Crippen molar-refractivity contribution in [2.75, 3.05) is 63.5 Å². The number of aromatic nitrogens is 1. The van der Waals surface area contributed by atoms with E-state index in [9.17, 15) is 5.11 Å². The van der Waals surface area contributed by atoms with E-state index in [4.69, 9.17) is 19.2 Å². The molecule has 0 amide bonds. The van der Waals surface area contributed by atoms with Crippen LogP contribution in [0.5, 0.6) is 11.5 Å². The molecule has 3 heterocycles. The zero-order valence-electron chi connectivity index (χ0n) is 20.6. The molecular formula is C27H31N5O4. The second-order valence-electron chi connectivity index (χ2n) is 8.69. The number of ether oxygens (including phenoxy) is 3. The third-order valence-corrected chi connectivity index (χ3v) is 6.52. The molecule has 1 aromatic heterocycles. The van der Waals surface area contributed by atoms with Crippen LogP contribution < -0.4 is 19.3 Å². The van der Waals surface area contributed by atoms with Gasteiger partial charge in [-0.1, -0.05) is 0 Å². The Balaban J connectivity index is 1.37. The second kappa shape index (κ2) is 10.9. The van der Waals surface area contributed by atoms with Crippen LogP contribution in [-0.2, 0) is 4.74 Å². The van der Waals surface area contributed by atoms with Crippen molar-refractivity contribution in [2.45, 2.75) is 12.5 Å². The molecule has 0 saturated carbocycles. The quantitative estimate of drug-likeness (QED) is 0.610. The van der Waals surface area contributed by atoms with E-state index in [1.165, 1.54) is 0 Å². The molecule has 1 fully saturated rings. The van der Waals surface area contributed by atoms with Crippen LogP contribution >= 0.6 is 0 Å². The van der Waals surface area contributed by atoms with E-state index in [1.54, 1.807) is 14.2 Å². The number of fused-ring (bicyclic) bond motifs is 1. The summed E-state index contributed by atoms with van der Waals surface area (Å²) >= 11 is 0. The fraction of sp³-hybridized carbons (Fsp3) is 0.370. The van der Waals surface area contributed by atoms with Gasteiger partial charge in [0, 0.05) is 67.4 Å². The van der Waals surface area contributed by atoms with Crippen LogP contribution in [-0.4, -0.2) is 81.7 Å². The van der Waals surface area contributed by atoms with E-state index in [1.807, 2.05) is 48.8 Å². The minimum Gasteiger partial charge on any atom is -0.497 e. The van der Waals surface area contributed by atoms with E-state index in [-0.39, 0.29) is 12.6 Å². The summed E-state index contributed by atoms with van der Waals surface area (Å²) in [6.07, 6.45) is 8.38. The average Bonchev–Trinajstić information content (AvgIpc) is 2.95. The third-order valence-electron chi connectivity index (χ3n) is 6.52. The number of morpholine rings is 1. The molecule has 9 heteroatoms. The van der Waals surface area contributed by atoms with Crippen LogP contribution in [0.2, 0.25) is 0 Å². The molecular weight excluding hydrogens is 458 g/mol. The van der Waals surface area contributed by atoms with Gasteiger partial charge < -0.3 is 29.1 Å². The Morgan fingerprint density at radius 3 is 2.53 bits per heavy atom. The molecule has 5 rings (SSSR count). The summed E-state index contributed by atoms with van der Waals surface area (Å²) in [5, 5.41) is 9.81. The number of allylic oxidation sites excluding steroid dienone is 2. The van der Waals surface area contributed by atoms with Crippen molar-refractivity contribution in [1.29, 1.82) is 0 Å². The van der Waals surface area contributed by atoms with E-state index in [2.05, 4.69) is 25.8 Å². The smallest absolute Gasteiger partial charge is 0.128 e. The number of methoxy groups -OCH3 is 2. The van der Waals surface area contributed by atoms with E-state index in [0.717, 1.165) is 60.5 Å². The predicted octanol–water partition coefficient (Wildman–Crippen LogP) is 2.85. The van der Waals surface area contributed by atoms with Gasteiger partial charge in [0.15, 0.2) is 0 Å². The molecule has 36 heavy (non-hydrogen) atoms. The van der Waals surface area contributed by atoms with Gasteiger partial charge in [-0.05, 0) is 24.3 Å². The van der Waals surface area contributed by atoms with Gasteiger partial charge in [-0.3, -0.25) is 9.98 Å². The molecule has 188 valence electrons. The number of nitrogens with zero attached hydrogens (tertiary/aromatic N) is 5. The highest BCUT2D eigenvalue weighted by molar-refractivity contribution is 6.38. The Morgan fingerprint density at radius 1 is 1.08 bits per heavy atom. The molecule has 1 saturated heterocycles. The van der Waals surface area contributed by atoms with Crippen LogP contribution in [0.3, 0.4) is 0 Å². The number of benzene rings is 1. The molecule has 1 unspecified atom stereocenters. The molecule has 0 radical (unpaired) electrons. The molecule has 1 N–H and O–H groups in total. The SMILES string of the molecule is COc1cc(OC)cc(N(CCO)C2=CC=C3N=CC(c4ccc(N5CCOCC5)nc4)=NC3C2)c1. The number of pyridine rings is 1. The first-order chi connectivity index (χ1) is 17.7. The number of aliphatic hydroxyl groups is 1. The normalized spacial score (nSPS) is 19.1. The monoisotopic (exact) mass is 489 g/mol. The molecule has 1 aliphatic carbocycles. The average molecular weight is 490 g/mol. The van der Waals surface area contributed by atoms with Gasteiger partial charge in [0.25, 0.3) is 0 Å². The van der Waals surface area contributed by atoms with Gasteiger partial charge in [-0.2, -0.15) is 0 Å². The van der Waals surface area contributed by atoms with Crippen LogP contribution in [0.1, 0.15) is 12.0 Å². The molecule has 2 aliphatic heterocycles. The lowest BCUT2D eigenvalue weighted by molar-refractivity contribution is 0.122. The number of hydrogen-bond donors (Lipinski definition) is 1. The van der Waals surface area contributed by atoms with E-state index >= 15 is 0 Å². The lowest BCUT2D eigenvalue weighted by Gasteiger charge is -2.32.